The van der Waals surface area contributed by atoms with Crippen LogP contribution in [0.1, 0.15) is 35.7 Å². The molecule has 0 fully saturated rings. The van der Waals surface area contributed by atoms with Crippen LogP contribution in [0.3, 0.4) is 0 Å². The summed E-state index contributed by atoms with van der Waals surface area (Å²) in [7, 11) is 2.95. The van der Waals surface area contributed by atoms with E-state index >= 15 is 0 Å². The molecule has 5 heteroatoms. The number of rotatable bonds is 3. The second-order valence-electron chi connectivity index (χ2n) is 4.46. The van der Waals surface area contributed by atoms with Crippen molar-refractivity contribution in [2.45, 2.75) is 19.8 Å². The molecule has 0 atom stereocenters. The van der Waals surface area contributed by atoms with E-state index in [4.69, 9.17) is 4.74 Å². The third kappa shape index (κ3) is 3.06. The number of ether oxygens (including phenoxy) is 1. The second kappa shape index (κ2) is 5.62. The lowest BCUT2D eigenvalue weighted by Gasteiger charge is -2.14. The number of halogens is 1. The van der Waals surface area contributed by atoms with Crippen molar-refractivity contribution in [3.8, 4) is 5.75 Å². The zero-order valence-electron chi connectivity index (χ0n) is 10.9. The summed E-state index contributed by atoms with van der Waals surface area (Å²) in [6.45, 7) is 3.77. The maximum absolute atomic E-state index is 13.8. The summed E-state index contributed by atoms with van der Waals surface area (Å²) >= 11 is 0. The highest BCUT2D eigenvalue weighted by molar-refractivity contribution is 5.82. The van der Waals surface area contributed by atoms with E-state index < -0.39 is 11.9 Å². The van der Waals surface area contributed by atoms with Crippen molar-refractivity contribution < 1.29 is 18.7 Å². The van der Waals surface area contributed by atoms with Crippen LogP contribution in [0.2, 0.25) is 0 Å². The van der Waals surface area contributed by atoms with E-state index in [0.717, 1.165) is 4.90 Å². The Hall–Kier alpha value is -1.91. The van der Waals surface area contributed by atoms with Gasteiger partial charge >= 0.3 is 6.09 Å². The summed E-state index contributed by atoms with van der Waals surface area (Å²) in [5.74, 6) is -0.955. The highest BCUT2D eigenvalue weighted by Gasteiger charge is 2.17. The average molecular weight is 253 g/mol. The van der Waals surface area contributed by atoms with Gasteiger partial charge < -0.3 is 9.64 Å². The minimum atomic E-state index is -0.728. The molecule has 0 N–H and O–H groups in total. The number of carbonyl (C=O) groups excluding carboxylic acids is 2. The Morgan fingerprint density at radius 1 is 1.39 bits per heavy atom. The minimum absolute atomic E-state index is 0.0360. The van der Waals surface area contributed by atoms with E-state index in [1.807, 2.05) is 13.8 Å². The summed E-state index contributed by atoms with van der Waals surface area (Å²) in [6, 6.07) is 2.80. The Morgan fingerprint density at radius 3 is 2.44 bits per heavy atom. The molecule has 0 saturated heterocycles. The number of nitrogens with zero attached hydrogens (tertiary/aromatic N) is 1. The normalized spacial score (nSPS) is 10.3. The van der Waals surface area contributed by atoms with E-state index in [1.165, 1.54) is 26.2 Å². The van der Waals surface area contributed by atoms with Gasteiger partial charge in [0.2, 0.25) is 0 Å². The number of carbonyl (C=O) groups is 2. The van der Waals surface area contributed by atoms with Crippen molar-refractivity contribution in [2.24, 2.45) is 0 Å². The van der Waals surface area contributed by atoms with Crippen molar-refractivity contribution >= 4 is 12.4 Å². The Morgan fingerprint density at radius 2 is 2.00 bits per heavy atom. The molecule has 0 bridgehead atoms. The zero-order valence-corrected chi connectivity index (χ0v) is 10.9. The van der Waals surface area contributed by atoms with Crippen LogP contribution in [0.25, 0.3) is 0 Å². The molecule has 1 aromatic rings. The second-order valence-corrected chi connectivity index (χ2v) is 4.46. The van der Waals surface area contributed by atoms with Gasteiger partial charge in [0.05, 0.1) is 5.56 Å². The maximum Gasteiger partial charge on any atom is 0.414 e. The molecule has 0 aliphatic carbocycles. The predicted octanol–water partition coefficient (Wildman–Crippen LogP) is 2.82. The average Bonchev–Trinajstić information content (AvgIpc) is 2.30. The van der Waals surface area contributed by atoms with Gasteiger partial charge in [-0.1, -0.05) is 13.8 Å². The summed E-state index contributed by atoms with van der Waals surface area (Å²) in [6.07, 6.45) is -0.248. The van der Waals surface area contributed by atoms with Crippen LogP contribution in [-0.2, 0) is 0 Å². The topological polar surface area (TPSA) is 46.6 Å². The van der Waals surface area contributed by atoms with Gasteiger partial charge in [0.1, 0.15) is 0 Å². The number of hydrogen-bond donors (Lipinski definition) is 0. The SMILES string of the molecule is CC(C)c1cc(F)c(OC(=O)N(C)C)c(C=O)c1. The summed E-state index contributed by atoms with van der Waals surface area (Å²) in [4.78, 5) is 23.5. The van der Waals surface area contributed by atoms with E-state index in [0.29, 0.717) is 11.8 Å². The molecular formula is C13H16FNO3. The van der Waals surface area contributed by atoms with E-state index in [-0.39, 0.29) is 17.2 Å². The fraction of sp³-hybridized carbons (Fsp3) is 0.385. The van der Waals surface area contributed by atoms with Crippen molar-refractivity contribution in [3.05, 3.63) is 29.1 Å². The standard InChI is InChI=1S/C13H16FNO3/c1-8(2)9-5-10(7-16)12(11(14)6-9)18-13(17)15(3)4/h5-8H,1-4H3. The Labute approximate surface area is 105 Å². The molecule has 0 aliphatic rings. The van der Waals surface area contributed by atoms with Crippen molar-refractivity contribution in [1.82, 2.24) is 4.90 Å². The Bertz CT molecular complexity index is 470. The van der Waals surface area contributed by atoms with Gasteiger partial charge in [-0.3, -0.25) is 4.79 Å². The van der Waals surface area contributed by atoms with Crippen LogP contribution in [0, 0.1) is 5.82 Å². The number of hydrogen-bond acceptors (Lipinski definition) is 3. The van der Waals surface area contributed by atoms with Crippen LogP contribution >= 0.6 is 0 Å². The van der Waals surface area contributed by atoms with Gasteiger partial charge in [0, 0.05) is 14.1 Å². The Kier molecular flexibility index (Phi) is 4.42. The molecule has 0 aromatic heterocycles. The van der Waals surface area contributed by atoms with E-state index in [2.05, 4.69) is 0 Å². The predicted molar refractivity (Wildman–Crippen MR) is 65.6 cm³/mol. The first-order chi connectivity index (χ1) is 8.36. The molecule has 0 heterocycles. The highest BCUT2D eigenvalue weighted by Crippen LogP contribution is 2.27. The molecular weight excluding hydrogens is 237 g/mol. The van der Waals surface area contributed by atoms with Gasteiger partial charge in [0.25, 0.3) is 0 Å². The number of aldehydes is 1. The number of amides is 1. The molecule has 1 rings (SSSR count). The molecule has 1 aromatic carbocycles. The van der Waals surface area contributed by atoms with Crippen molar-refractivity contribution in [2.75, 3.05) is 14.1 Å². The Balaban J connectivity index is 3.19. The maximum atomic E-state index is 13.8. The van der Waals surface area contributed by atoms with Crippen LogP contribution in [-0.4, -0.2) is 31.4 Å². The molecule has 0 unspecified atom stereocenters. The minimum Gasteiger partial charge on any atom is -0.406 e. The monoisotopic (exact) mass is 253 g/mol. The first-order valence-corrected chi connectivity index (χ1v) is 5.54. The number of benzene rings is 1. The molecule has 18 heavy (non-hydrogen) atoms. The van der Waals surface area contributed by atoms with Crippen molar-refractivity contribution in [3.63, 3.8) is 0 Å². The highest BCUT2D eigenvalue weighted by atomic mass is 19.1. The van der Waals surface area contributed by atoms with Gasteiger partial charge in [-0.2, -0.15) is 0 Å². The van der Waals surface area contributed by atoms with Gasteiger partial charge in [0.15, 0.2) is 17.9 Å². The smallest absolute Gasteiger partial charge is 0.406 e. The molecule has 0 radical (unpaired) electrons. The lowest BCUT2D eigenvalue weighted by molar-refractivity contribution is 0.111. The van der Waals surface area contributed by atoms with Gasteiger partial charge in [-0.25, -0.2) is 9.18 Å². The summed E-state index contributed by atoms with van der Waals surface area (Å²) in [5, 5.41) is 0. The van der Waals surface area contributed by atoms with Crippen LogP contribution < -0.4 is 4.74 Å². The lowest BCUT2D eigenvalue weighted by Crippen LogP contribution is -2.26. The molecule has 1 amide bonds. The summed E-state index contributed by atoms with van der Waals surface area (Å²) < 4.78 is 18.7. The molecule has 0 aliphatic heterocycles. The molecule has 0 saturated carbocycles. The van der Waals surface area contributed by atoms with Crippen LogP contribution in [0.5, 0.6) is 5.75 Å². The lowest BCUT2D eigenvalue weighted by atomic mass is 10.0. The third-order valence-electron chi connectivity index (χ3n) is 2.44. The van der Waals surface area contributed by atoms with Crippen molar-refractivity contribution in [1.29, 1.82) is 0 Å². The van der Waals surface area contributed by atoms with Gasteiger partial charge in [-0.15, -0.1) is 0 Å². The summed E-state index contributed by atoms with van der Waals surface area (Å²) in [5.41, 5.74) is 0.716. The van der Waals surface area contributed by atoms with E-state index in [1.54, 1.807) is 0 Å². The molecule has 0 spiro atoms. The van der Waals surface area contributed by atoms with E-state index in [9.17, 15) is 14.0 Å². The van der Waals surface area contributed by atoms with Crippen LogP contribution in [0.15, 0.2) is 12.1 Å². The molecule has 4 nitrogen and oxygen atoms in total. The quantitative estimate of drug-likeness (QED) is 0.778. The fourth-order valence-corrected chi connectivity index (χ4v) is 1.34. The fourth-order valence-electron chi connectivity index (χ4n) is 1.34. The largest absolute Gasteiger partial charge is 0.414 e. The molecule has 98 valence electrons. The van der Waals surface area contributed by atoms with Crippen LogP contribution in [0.4, 0.5) is 9.18 Å². The first kappa shape index (κ1) is 14.2. The third-order valence-corrected chi connectivity index (χ3v) is 2.44. The van der Waals surface area contributed by atoms with Gasteiger partial charge in [-0.05, 0) is 23.6 Å². The zero-order chi connectivity index (χ0) is 13.9. The first-order valence-electron chi connectivity index (χ1n) is 5.54.